The molecule has 0 unspecified atom stereocenters. The van der Waals surface area contributed by atoms with Gasteiger partial charge in [0, 0.05) is 5.56 Å². The predicted octanol–water partition coefficient (Wildman–Crippen LogP) is 4.09. The lowest BCUT2D eigenvalue weighted by molar-refractivity contribution is 0.0473. The Hall–Kier alpha value is -2.88. The molecule has 1 heterocycles. The highest BCUT2D eigenvalue weighted by molar-refractivity contribution is 6.02. The average molecular weight is 308 g/mol. The average Bonchev–Trinajstić information content (AvgIpc) is 2.90. The molecule has 2 aromatic carbocycles. The fourth-order valence-electron chi connectivity index (χ4n) is 2.49. The summed E-state index contributed by atoms with van der Waals surface area (Å²) in [7, 11) is 0. The summed E-state index contributed by atoms with van der Waals surface area (Å²) in [5.41, 5.74) is 0.880. The number of carbonyl (C=O) groups excluding carboxylic acids is 2. The van der Waals surface area contributed by atoms with E-state index in [1.165, 1.54) is 0 Å². The molecule has 0 amide bonds. The fourth-order valence-corrected chi connectivity index (χ4v) is 2.49. The maximum absolute atomic E-state index is 12.2. The van der Waals surface area contributed by atoms with E-state index in [4.69, 9.17) is 9.15 Å². The molecule has 0 aliphatic carbocycles. The molecule has 23 heavy (non-hydrogen) atoms. The molecule has 1 aromatic heterocycles. The first-order chi connectivity index (χ1) is 11.0. The molecule has 3 rings (SSSR count). The Balaban J connectivity index is 1.71. The molecule has 0 N–H and O–H groups in total. The van der Waals surface area contributed by atoms with E-state index in [2.05, 4.69) is 0 Å². The molecule has 0 aliphatic heterocycles. The lowest BCUT2D eigenvalue weighted by atomic mass is 10.0. The van der Waals surface area contributed by atoms with Crippen LogP contribution in [-0.2, 0) is 4.74 Å². The molecule has 116 valence electrons. The van der Waals surface area contributed by atoms with Crippen LogP contribution in [0.25, 0.3) is 10.8 Å². The van der Waals surface area contributed by atoms with Gasteiger partial charge in [0.2, 0.25) is 0 Å². The third-order valence-corrected chi connectivity index (χ3v) is 3.67. The molecule has 3 aromatic rings. The summed E-state index contributed by atoms with van der Waals surface area (Å²) in [4.78, 5) is 24.2. The van der Waals surface area contributed by atoms with Crippen molar-refractivity contribution in [1.29, 1.82) is 0 Å². The summed E-state index contributed by atoms with van der Waals surface area (Å²) in [6.45, 7) is 3.15. The topological polar surface area (TPSA) is 56.5 Å². The van der Waals surface area contributed by atoms with E-state index in [1.54, 1.807) is 32.0 Å². The minimum Gasteiger partial charge on any atom is -0.466 e. The second kappa shape index (κ2) is 6.08. The van der Waals surface area contributed by atoms with E-state index in [1.807, 2.05) is 30.3 Å². The molecule has 4 nitrogen and oxygen atoms in total. The SMILES string of the molecule is Cc1cc(C(=O)OCC(=O)c2ccc3ccccc3c2)c(C)o1. The number of esters is 1. The number of carbonyl (C=O) groups is 2. The smallest absolute Gasteiger partial charge is 0.342 e. The van der Waals surface area contributed by atoms with Crippen LogP contribution in [-0.4, -0.2) is 18.4 Å². The van der Waals surface area contributed by atoms with Crippen LogP contribution in [0, 0.1) is 13.8 Å². The standard InChI is InChI=1S/C19H16O4/c1-12-9-17(13(2)23-12)19(21)22-11-18(20)16-8-7-14-5-3-4-6-15(14)10-16/h3-10H,11H2,1-2H3. The molecule has 0 spiro atoms. The first-order valence-corrected chi connectivity index (χ1v) is 7.31. The summed E-state index contributed by atoms with van der Waals surface area (Å²) in [5, 5.41) is 2.04. The number of ether oxygens (including phenoxy) is 1. The van der Waals surface area contributed by atoms with E-state index in [0.29, 0.717) is 22.6 Å². The Labute approximate surface area is 133 Å². The van der Waals surface area contributed by atoms with Gasteiger partial charge in [0.15, 0.2) is 12.4 Å². The van der Waals surface area contributed by atoms with Crippen LogP contribution in [0.1, 0.15) is 32.2 Å². The van der Waals surface area contributed by atoms with E-state index < -0.39 is 5.97 Å². The number of hydrogen-bond donors (Lipinski definition) is 0. The first kappa shape index (κ1) is 15.0. The van der Waals surface area contributed by atoms with Crippen LogP contribution in [0.15, 0.2) is 52.9 Å². The summed E-state index contributed by atoms with van der Waals surface area (Å²) in [5.74, 6) is 0.344. The van der Waals surface area contributed by atoms with E-state index in [9.17, 15) is 9.59 Å². The number of benzene rings is 2. The molecular weight excluding hydrogens is 292 g/mol. The molecule has 0 saturated carbocycles. The van der Waals surface area contributed by atoms with Crippen LogP contribution >= 0.6 is 0 Å². The Morgan fingerprint density at radius 2 is 1.74 bits per heavy atom. The Morgan fingerprint density at radius 3 is 2.43 bits per heavy atom. The zero-order valence-corrected chi connectivity index (χ0v) is 13.0. The second-order valence-corrected chi connectivity index (χ2v) is 5.39. The number of fused-ring (bicyclic) bond motifs is 1. The van der Waals surface area contributed by atoms with Crippen LogP contribution in [0.2, 0.25) is 0 Å². The number of hydrogen-bond acceptors (Lipinski definition) is 4. The molecule has 0 radical (unpaired) electrons. The molecule has 4 heteroatoms. The minimum atomic E-state index is -0.548. The number of ketones is 1. The summed E-state index contributed by atoms with van der Waals surface area (Å²) in [6, 6.07) is 14.8. The van der Waals surface area contributed by atoms with Gasteiger partial charge >= 0.3 is 5.97 Å². The van der Waals surface area contributed by atoms with Crippen LogP contribution in [0.3, 0.4) is 0 Å². The van der Waals surface area contributed by atoms with Crippen molar-refractivity contribution in [3.63, 3.8) is 0 Å². The largest absolute Gasteiger partial charge is 0.466 e. The van der Waals surface area contributed by atoms with Crippen LogP contribution in [0.4, 0.5) is 0 Å². The lowest BCUT2D eigenvalue weighted by Crippen LogP contribution is -2.14. The zero-order chi connectivity index (χ0) is 16.4. The van der Waals surface area contributed by atoms with Crippen molar-refractivity contribution in [1.82, 2.24) is 0 Å². The molecule has 0 aliphatic rings. The molecule has 0 saturated heterocycles. The first-order valence-electron chi connectivity index (χ1n) is 7.31. The molecular formula is C19H16O4. The molecule has 0 atom stereocenters. The van der Waals surface area contributed by atoms with Gasteiger partial charge in [0.05, 0.1) is 0 Å². The highest BCUT2D eigenvalue weighted by atomic mass is 16.5. The molecule has 0 bridgehead atoms. The maximum atomic E-state index is 12.2. The van der Waals surface area contributed by atoms with Gasteiger partial charge in [-0.25, -0.2) is 4.79 Å². The monoisotopic (exact) mass is 308 g/mol. The third kappa shape index (κ3) is 3.16. The molecule has 0 fully saturated rings. The van der Waals surface area contributed by atoms with Crippen LogP contribution in [0.5, 0.6) is 0 Å². The summed E-state index contributed by atoms with van der Waals surface area (Å²) >= 11 is 0. The lowest BCUT2D eigenvalue weighted by Gasteiger charge is -2.05. The van der Waals surface area contributed by atoms with Crippen molar-refractivity contribution >= 4 is 22.5 Å². The third-order valence-electron chi connectivity index (χ3n) is 3.67. The van der Waals surface area contributed by atoms with Gasteiger partial charge in [0.1, 0.15) is 17.1 Å². The van der Waals surface area contributed by atoms with Gasteiger partial charge < -0.3 is 9.15 Å². The van der Waals surface area contributed by atoms with Crippen molar-refractivity contribution in [3.8, 4) is 0 Å². The van der Waals surface area contributed by atoms with E-state index in [0.717, 1.165) is 10.8 Å². The van der Waals surface area contributed by atoms with Crippen LogP contribution < -0.4 is 0 Å². The van der Waals surface area contributed by atoms with Crippen molar-refractivity contribution in [3.05, 3.63) is 71.2 Å². The number of rotatable bonds is 4. The quantitative estimate of drug-likeness (QED) is 0.538. The van der Waals surface area contributed by atoms with E-state index >= 15 is 0 Å². The fraction of sp³-hybridized carbons (Fsp3) is 0.158. The normalized spacial score (nSPS) is 10.7. The zero-order valence-electron chi connectivity index (χ0n) is 13.0. The van der Waals surface area contributed by atoms with Gasteiger partial charge in [-0.05, 0) is 36.8 Å². The Kier molecular flexibility index (Phi) is 3.98. The maximum Gasteiger partial charge on any atom is 0.342 e. The van der Waals surface area contributed by atoms with Crippen molar-refractivity contribution < 1.29 is 18.7 Å². The predicted molar refractivity (Wildman–Crippen MR) is 86.7 cm³/mol. The summed E-state index contributed by atoms with van der Waals surface area (Å²) < 4.78 is 10.4. The van der Waals surface area contributed by atoms with Gasteiger partial charge in [0.25, 0.3) is 0 Å². The van der Waals surface area contributed by atoms with Gasteiger partial charge in [-0.3, -0.25) is 4.79 Å². The minimum absolute atomic E-state index is 0.234. The Bertz CT molecular complexity index is 889. The van der Waals surface area contributed by atoms with Gasteiger partial charge in [-0.1, -0.05) is 36.4 Å². The van der Waals surface area contributed by atoms with Crippen molar-refractivity contribution in [2.45, 2.75) is 13.8 Å². The number of furan rings is 1. The van der Waals surface area contributed by atoms with Crippen molar-refractivity contribution in [2.24, 2.45) is 0 Å². The van der Waals surface area contributed by atoms with Gasteiger partial charge in [-0.2, -0.15) is 0 Å². The van der Waals surface area contributed by atoms with Gasteiger partial charge in [-0.15, -0.1) is 0 Å². The number of aryl methyl sites for hydroxylation is 2. The van der Waals surface area contributed by atoms with Crippen molar-refractivity contribution in [2.75, 3.05) is 6.61 Å². The highest BCUT2D eigenvalue weighted by Gasteiger charge is 2.17. The second-order valence-electron chi connectivity index (χ2n) is 5.39. The van der Waals surface area contributed by atoms with E-state index in [-0.39, 0.29) is 12.4 Å². The number of Topliss-reactive ketones (excluding diaryl/α,β-unsaturated/α-hetero) is 1. The summed E-state index contributed by atoms with van der Waals surface area (Å²) in [6.07, 6.45) is 0. The highest BCUT2D eigenvalue weighted by Crippen LogP contribution is 2.17. The Morgan fingerprint density at radius 1 is 1.00 bits per heavy atom.